The Morgan fingerprint density at radius 1 is 1.15 bits per heavy atom. The van der Waals surface area contributed by atoms with Crippen LogP contribution in [0, 0.1) is 0 Å². The van der Waals surface area contributed by atoms with E-state index in [9.17, 15) is 19.8 Å². The largest absolute Gasteiger partial charge is 0.504 e. The molecule has 1 saturated carbocycles. The molecule has 3 aliphatic carbocycles. The van der Waals surface area contributed by atoms with E-state index in [1.165, 1.54) is 4.90 Å². The number of carbonyl (C=O) groups excluding carboxylic acids is 2. The summed E-state index contributed by atoms with van der Waals surface area (Å²) in [6.07, 6.45) is 6.78. The van der Waals surface area contributed by atoms with Crippen molar-refractivity contribution in [2.24, 2.45) is 0 Å². The van der Waals surface area contributed by atoms with Gasteiger partial charge in [0.15, 0.2) is 11.5 Å². The van der Waals surface area contributed by atoms with Gasteiger partial charge in [-0.05, 0) is 69.5 Å². The third kappa shape index (κ3) is 2.21. The number of phenols is 1. The molecule has 2 bridgehead atoms. The van der Waals surface area contributed by atoms with Gasteiger partial charge in [0.05, 0.1) is 17.1 Å². The molecule has 6 aliphatic rings. The predicted molar refractivity (Wildman–Crippen MR) is 123 cm³/mol. The quantitative estimate of drug-likeness (QED) is 0.530. The highest BCUT2D eigenvalue weighted by molar-refractivity contribution is 6.19. The average molecular weight is 463 g/mol. The smallest absolute Gasteiger partial charge is 0.257 e. The van der Waals surface area contributed by atoms with E-state index < -0.39 is 23.2 Å². The highest BCUT2D eigenvalue weighted by atomic mass is 16.5. The van der Waals surface area contributed by atoms with Gasteiger partial charge in [0.1, 0.15) is 6.10 Å². The lowest BCUT2D eigenvalue weighted by Gasteiger charge is -2.64. The Kier molecular flexibility index (Phi) is 4.10. The van der Waals surface area contributed by atoms with Crippen LogP contribution in [0.3, 0.4) is 0 Å². The Morgan fingerprint density at radius 3 is 2.59 bits per heavy atom. The summed E-state index contributed by atoms with van der Waals surface area (Å²) in [4.78, 5) is 30.7. The van der Waals surface area contributed by atoms with Crippen molar-refractivity contribution in [1.29, 1.82) is 0 Å². The Bertz CT molecular complexity index is 1160. The molecule has 1 aromatic rings. The topological polar surface area (TPSA) is 90.3 Å². The molecule has 2 N–H and O–H groups in total. The summed E-state index contributed by atoms with van der Waals surface area (Å²) in [5.74, 6) is 0.145. The Labute approximate surface area is 198 Å². The van der Waals surface area contributed by atoms with Crippen molar-refractivity contribution in [3.8, 4) is 11.5 Å². The minimum atomic E-state index is -1.07. The molecule has 3 aliphatic heterocycles. The van der Waals surface area contributed by atoms with E-state index in [2.05, 4.69) is 11.5 Å². The van der Waals surface area contributed by atoms with E-state index in [-0.39, 0.29) is 23.6 Å². The molecule has 2 fully saturated rings. The molecule has 1 saturated heterocycles. The van der Waals surface area contributed by atoms with Crippen LogP contribution >= 0.6 is 0 Å². The number of aromatic hydroxyl groups is 1. The van der Waals surface area contributed by atoms with Gasteiger partial charge in [0.25, 0.3) is 11.8 Å². The van der Waals surface area contributed by atoms with Crippen LogP contribution in [0.25, 0.3) is 0 Å². The molecule has 0 unspecified atom stereocenters. The third-order valence-corrected chi connectivity index (χ3v) is 9.66. The first-order chi connectivity index (χ1) is 16.4. The van der Waals surface area contributed by atoms with Crippen molar-refractivity contribution >= 4 is 11.8 Å². The van der Waals surface area contributed by atoms with E-state index in [4.69, 9.17) is 4.74 Å². The van der Waals surface area contributed by atoms with Crippen LogP contribution in [-0.4, -0.2) is 68.7 Å². The van der Waals surface area contributed by atoms with Crippen LogP contribution in [0.4, 0.5) is 0 Å². The number of ether oxygens (including phenoxy) is 1. The van der Waals surface area contributed by atoms with Gasteiger partial charge in [-0.1, -0.05) is 12.1 Å². The molecule has 1 aromatic carbocycles. The van der Waals surface area contributed by atoms with Gasteiger partial charge in [0, 0.05) is 29.3 Å². The zero-order valence-electron chi connectivity index (χ0n) is 19.3. The Hall–Kier alpha value is -2.64. The second-order valence-electron chi connectivity index (χ2n) is 10.9. The molecule has 7 rings (SSSR count). The number of benzene rings is 1. The van der Waals surface area contributed by atoms with Crippen molar-refractivity contribution in [2.75, 3.05) is 13.1 Å². The number of piperidine rings is 1. The summed E-state index contributed by atoms with van der Waals surface area (Å²) in [7, 11) is 0. The second kappa shape index (κ2) is 6.73. The van der Waals surface area contributed by atoms with Gasteiger partial charge in [-0.15, -0.1) is 6.58 Å². The molecule has 0 radical (unpaired) electrons. The number of amides is 2. The number of rotatable bonds is 3. The summed E-state index contributed by atoms with van der Waals surface area (Å²) in [6.45, 7) is 5.37. The first kappa shape index (κ1) is 20.7. The van der Waals surface area contributed by atoms with Crippen LogP contribution in [-0.2, 0) is 21.4 Å². The average Bonchev–Trinajstić information content (AvgIpc) is 3.31. The number of imide groups is 1. The van der Waals surface area contributed by atoms with E-state index in [0.717, 1.165) is 30.5 Å². The van der Waals surface area contributed by atoms with E-state index in [1.54, 1.807) is 6.07 Å². The number of aliphatic hydroxyl groups is 1. The zero-order valence-corrected chi connectivity index (χ0v) is 19.3. The van der Waals surface area contributed by atoms with E-state index >= 15 is 0 Å². The maximum atomic E-state index is 13.5. The molecule has 7 heteroatoms. The third-order valence-electron chi connectivity index (χ3n) is 9.66. The van der Waals surface area contributed by atoms with Crippen LogP contribution in [0.2, 0.25) is 0 Å². The zero-order chi connectivity index (χ0) is 23.4. The van der Waals surface area contributed by atoms with E-state index in [0.29, 0.717) is 62.0 Å². The van der Waals surface area contributed by atoms with Crippen LogP contribution in [0.5, 0.6) is 11.5 Å². The van der Waals surface area contributed by atoms with Crippen molar-refractivity contribution in [3.05, 3.63) is 47.1 Å². The number of carbonyl (C=O) groups is 2. The lowest BCUT2D eigenvalue weighted by atomic mass is 9.48. The monoisotopic (exact) mass is 462 g/mol. The van der Waals surface area contributed by atoms with Gasteiger partial charge in [-0.25, -0.2) is 0 Å². The Morgan fingerprint density at radius 2 is 1.88 bits per heavy atom. The molecule has 2 amide bonds. The van der Waals surface area contributed by atoms with Crippen molar-refractivity contribution < 1.29 is 24.5 Å². The SMILES string of the molecule is C=CCN1CC[C@]23c4c5ccc(O)c4O[C@H]2[C@H](N2C(=O)C4=C(CCCC4)C2=O)CC[C@@]3(O)[C@H]1C5. The highest BCUT2D eigenvalue weighted by Gasteiger charge is 2.74. The molecule has 7 nitrogen and oxygen atoms in total. The van der Waals surface area contributed by atoms with Gasteiger partial charge >= 0.3 is 0 Å². The molecule has 3 heterocycles. The van der Waals surface area contributed by atoms with Gasteiger partial charge in [0.2, 0.25) is 0 Å². The number of nitrogens with zero attached hydrogens (tertiary/aromatic N) is 2. The van der Waals surface area contributed by atoms with Crippen molar-refractivity contribution in [2.45, 2.75) is 80.6 Å². The fourth-order valence-corrected chi connectivity index (χ4v) is 8.32. The normalized spacial score (nSPS) is 38.0. The first-order valence-electron chi connectivity index (χ1n) is 12.6. The maximum absolute atomic E-state index is 13.5. The highest BCUT2D eigenvalue weighted by Crippen LogP contribution is 2.66. The predicted octanol–water partition coefficient (Wildman–Crippen LogP) is 2.34. The number of hydrogen-bond donors (Lipinski definition) is 2. The fourth-order valence-electron chi connectivity index (χ4n) is 8.32. The number of likely N-dealkylation sites (tertiary alicyclic amines) is 1. The lowest BCUT2D eigenvalue weighted by Crippen LogP contribution is -2.78. The van der Waals surface area contributed by atoms with E-state index in [1.807, 2.05) is 12.1 Å². The van der Waals surface area contributed by atoms with Gasteiger partial charge in [-0.2, -0.15) is 0 Å². The van der Waals surface area contributed by atoms with Crippen LogP contribution < -0.4 is 4.74 Å². The van der Waals surface area contributed by atoms with Gasteiger partial charge < -0.3 is 14.9 Å². The molecule has 5 atom stereocenters. The molecule has 178 valence electrons. The van der Waals surface area contributed by atoms with Crippen LogP contribution in [0.15, 0.2) is 35.9 Å². The van der Waals surface area contributed by atoms with Gasteiger partial charge in [-0.3, -0.25) is 19.4 Å². The fraction of sp³-hybridized carbons (Fsp3) is 0.556. The summed E-state index contributed by atoms with van der Waals surface area (Å²) < 4.78 is 6.53. The standard InChI is InChI=1S/C27H30N2O5/c1-2-12-28-13-11-26-21-15-7-8-19(30)22(21)34-23(26)18(9-10-27(26,33)20(28)14-15)29-24(31)16-5-3-4-6-17(16)25(29)32/h2,7-8,18,20,23,30,33H,1,3-6,9-14H2/t18-,20-,23+,26+,27-/m1/s1. The lowest BCUT2D eigenvalue weighted by molar-refractivity contribution is -0.199. The minimum absolute atomic E-state index is 0.0621. The minimum Gasteiger partial charge on any atom is -0.504 e. The molecular formula is C27H30N2O5. The molecule has 0 aromatic heterocycles. The first-order valence-corrected chi connectivity index (χ1v) is 12.6. The molecule has 34 heavy (non-hydrogen) atoms. The number of hydrogen-bond acceptors (Lipinski definition) is 6. The second-order valence-corrected chi connectivity index (χ2v) is 10.9. The summed E-state index contributed by atoms with van der Waals surface area (Å²) >= 11 is 0. The van der Waals surface area contributed by atoms with Crippen molar-refractivity contribution in [3.63, 3.8) is 0 Å². The summed E-state index contributed by atoms with van der Waals surface area (Å²) in [5.41, 5.74) is 1.50. The summed E-state index contributed by atoms with van der Waals surface area (Å²) in [5, 5.41) is 23.2. The summed E-state index contributed by atoms with van der Waals surface area (Å²) in [6, 6.07) is 3.05. The number of phenolic OH excluding ortho intramolecular Hbond substituents is 1. The molecule has 1 spiro atoms. The Balaban J connectivity index is 1.38. The van der Waals surface area contributed by atoms with Crippen LogP contribution in [0.1, 0.15) is 56.1 Å². The molecular weight excluding hydrogens is 432 g/mol. The van der Waals surface area contributed by atoms with Crippen molar-refractivity contribution in [1.82, 2.24) is 9.80 Å². The maximum Gasteiger partial charge on any atom is 0.257 e.